The van der Waals surface area contributed by atoms with Crippen molar-refractivity contribution in [2.75, 3.05) is 6.54 Å². The number of nitrogens with two attached hydrogens (primary N) is 1. The molecule has 0 spiro atoms. The first-order chi connectivity index (χ1) is 8.58. The van der Waals surface area contributed by atoms with Crippen molar-refractivity contribution in [1.82, 2.24) is 5.32 Å². The van der Waals surface area contributed by atoms with Crippen LogP contribution in [-0.2, 0) is 17.6 Å². The molecule has 100 valence electrons. The van der Waals surface area contributed by atoms with Crippen LogP contribution in [0.4, 0.5) is 0 Å². The summed E-state index contributed by atoms with van der Waals surface area (Å²) in [7, 11) is 0. The monoisotopic (exact) mass is 268 g/mol. The minimum atomic E-state index is -1.11. The Morgan fingerprint density at radius 2 is 2.28 bits per heavy atom. The van der Waals surface area contributed by atoms with Crippen LogP contribution in [-0.4, -0.2) is 23.7 Å². The molecule has 0 radical (unpaired) electrons. The van der Waals surface area contributed by atoms with Gasteiger partial charge in [0.05, 0.1) is 0 Å². The standard InChI is InChI=1S/C13H20N2O2S/c1-8(15-7-10(16)13(14)17)12-6-9-4-2-3-5-11(9)18-12/h6,8,10,15-16H,2-5,7H2,1H3,(H2,14,17). The van der Waals surface area contributed by atoms with Gasteiger partial charge in [0.25, 0.3) is 0 Å². The van der Waals surface area contributed by atoms with E-state index in [-0.39, 0.29) is 12.6 Å². The van der Waals surface area contributed by atoms with E-state index in [1.165, 1.54) is 41.0 Å². The van der Waals surface area contributed by atoms with Crippen molar-refractivity contribution in [3.8, 4) is 0 Å². The van der Waals surface area contributed by atoms with Gasteiger partial charge in [0.2, 0.25) is 5.91 Å². The van der Waals surface area contributed by atoms with Crippen molar-refractivity contribution >= 4 is 17.2 Å². The number of aliphatic hydroxyl groups excluding tert-OH is 1. The number of hydrogen-bond acceptors (Lipinski definition) is 4. The van der Waals surface area contributed by atoms with E-state index in [1.807, 2.05) is 18.3 Å². The Hall–Kier alpha value is -0.910. The number of aliphatic hydroxyl groups is 1. The van der Waals surface area contributed by atoms with Crippen molar-refractivity contribution < 1.29 is 9.90 Å². The molecule has 0 saturated heterocycles. The first-order valence-corrected chi connectivity index (χ1v) is 7.22. The molecular formula is C13H20N2O2S. The summed E-state index contributed by atoms with van der Waals surface area (Å²) < 4.78 is 0. The summed E-state index contributed by atoms with van der Waals surface area (Å²) in [5, 5.41) is 12.5. The summed E-state index contributed by atoms with van der Waals surface area (Å²) in [6, 6.07) is 2.41. The second-order valence-electron chi connectivity index (χ2n) is 4.85. The molecule has 2 unspecified atom stereocenters. The van der Waals surface area contributed by atoms with Gasteiger partial charge in [0, 0.05) is 22.3 Å². The number of primary amides is 1. The van der Waals surface area contributed by atoms with Crippen LogP contribution in [0.2, 0.25) is 0 Å². The van der Waals surface area contributed by atoms with Gasteiger partial charge in [0.1, 0.15) is 6.10 Å². The van der Waals surface area contributed by atoms with Gasteiger partial charge in [-0.05, 0) is 44.2 Å². The van der Waals surface area contributed by atoms with Gasteiger partial charge < -0.3 is 16.2 Å². The highest BCUT2D eigenvalue weighted by atomic mass is 32.1. The van der Waals surface area contributed by atoms with E-state index >= 15 is 0 Å². The van der Waals surface area contributed by atoms with Gasteiger partial charge in [-0.1, -0.05) is 0 Å². The summed E-state index contributed by atoms with van der Waals surface area (Å²) in [5.74, 6) is -0.680. The van der Waals surface area contributed by atoms with Crippen molar-refractivity contribution in [2.24, 2.45) is 5.73 Å². The molecule has 1 aromatic heterocycles. The number of hydrogen-bond donors (Lipinski definition) is 3. The summed E-state index contributed by atoms with van der Waals surface area (Å²) in [4.78, 5) is 13.5. The zero-order valence-corrected chi connectivity index (χ0v) is 11.4. The summed E-state index contributed by atoms with van der Waals surface area (Å²) in [6.07, 6.45) is 3.83. The Kier molecular flexibility index (Phi) is 4.37. The van der Waals surface area contributed by atoms with Crippen LogP contribution in [0.3, 0.4) is 0 Å². The smallest absolute Gasteiger partial charge is 0.247 e. The molecule has 0 bridgehead atoms. The Labute approximate surface area is 111 Å². The fraction of sp³-hybridized carbons (Fsp3) is 0.615. The molecule has 0 saturated carbocycles. The average Bonchev–Trinajstić information content (AvgIpc) is 2.79. The van der Waals surface area contributed by atoms with Gasteiger partial charge in [-0.25, -0.2) is 0 Å². The average molecular weight is 268 g/mol. The Morgan fingerprint density at radius 3 is 2.94 bits per heavy atom. The second kappa shape index (κ2) is 5.82. The molecule has 0 aromatic carbocycles. The van der Waals surface area contributed by atoms with Crippen molar-refractivity contribution in [3.05, 3.63) is 21.4 Å². The number of fused-ring (bicyclic) bond motifs is 1. The maximum atomic E-state index is 10.7. The van der Waals surface area contributed by atoms with Crippen LogP contribution in [0.1, 0.15) is 41.1 Å². The van der Waals surface area contributed by atoms with Gasteiger partial charge in [-0.3, -0.25) is 4.79 Å². The molecule has 1 amide bonds. The predicted molar refractivity (Wildman–Crippen MR) is 72.6 cm³/mol. The molecule has 0 fully saturated rings. The van der Waals surface area contributed by atoms with Gasteiger partial charge in [-0.2, -0.15) is 0 Å². The molecular weight excluding hydrogens is 248 g/mol. The van der Waals surface area contributed by atoms with E-state index in [0.717, 1.165) is 0 Å². The molecule has 18 heavy (non-hydrogen) atoms. The lowest BCUT2D eigenvalue weighted by Crippen LogP contribution is -2.38. The Bertz CT molecular complexity index is 407. The number of nitrogens with one attached hydrogen (secondary N) is 1. The van der Waals surface area contributed by atoms with Crippen molar-refractivity contribution in [1.29, 1.82) is 0 Å². The molecule has 4 N–H and O–H groups in total. The van der Waals surface area contributed by atoms with E-state index in [1.54, 1.807) is 0 Å². The minimum Gasteiger partial charge on any atom is -0.382 e. The number of aryl methyl sites for hydroxylation is 2. The lowest BCUT2D eigenvalue weighted by molar-refractivity contribution is -0.125. The fourth-order valence-corrected chi connectivity index (χ4v) is 3.50. The number of thiophene rings is 1. The molecule has 1 aromatic rings. The van der Waals surface area contributed by atoms with E-state index in [0.29, 0.717) is 0 Å². The van der Waals surface area contributed by atoms with E-state index < -0.39 is 12.0 Å². The third kappa shape index (κ3) is 3.10. The fourth-order valence-electron chi connectivity index (χ4n) is 2.22. The van der Waals surface area contributed by atoms with Crippen LogP contribution in [0.5, 0.6) is 0 Å². The number of rotatable bonds is 5. The second-order valence-corrected chi connectivity index (χ2v) is 6.02. The predicted octanol–water partition coefficient (Wildman–Crippen LogP) is 1.12. The highest BCUT2D eigenvalue weighted by Gasteiger charge is 2.18. The summed E-state index contributed by atoms with van der Waals surface area (Å²) in [5.41, 5.74) is 6.49. The molecule has 1 heterocycles. The highest BCUT2D eigenvalue weighted by molar-refractivity contribution is 7.12. The molecule has 4 nitrogen and oxygen atoms in total. The van der Waals surface area contributed by atoms with Crippen LogP contribution >= 0.6 is 11.3 Å². The Balaban J connectivity index is 1.94. The molecule has 2 atom stereocenters. The van der Waals surface area contributed by atoms with Gasteiger partial charge in [0.15, 0.2) is 0 Å². The van der Waals surface area contributed by atoms with Crippen LogP contribution < -0.4 is 11.1 Å². The minimum absolute atomic E-state index is 0.148. The molecule has 5 heteroatoms. The third-order valence-electron chi connectivity index (χ3n) is 3.39. The summed E-state index contributed by atoms with van der Waals surface area (Å²) in [6.45, 7) is 2.25. The zero-order chi connectivity index (χ0) is 13.1. The van der Waals surface area contributed by atoms with E-state index in [4.69, 9.17) is 5.73 Å². The number of amides is 1. The molecule has 1 aliphatic rings. The van der Waals surface area contributed by atoms with Crippen LogP contribution in [0, 0.1) is 0 Å². The van der Waals surface area contributed by atoms with E-state index in [9.17, 15) is 9.90 Å². The largest absolute Gasteiger partial charge is 0.382 e. The van der Waals surface area contributed by atoms with Crippen molar-refractivity contribution in [3.63, 3.8) is 0 Å². The SMILES string of the molecule is CC(NCC(O)C(N)=O)c1cc2c(s1)CCCC2. The lowest BCUT2D eigenvalue weighted by Gasteiger charge is -2.14. The van der Waals surface area contributed by atoms with Crippen LogP contribution in [0.25, 0.3) is 0 Å². The third-order valence-corrected chi connectivity index (χ3v) is 4.81. The highest BCUT2D eigenvalue weighted by Crippen LogP contribution is 2.32. The van der Waals surface area contributed by atoms with Gasteiger partial charge in [-0.15, -0.1) is 11.3 Å². The number of carbonyl (C=O) groups is 1. The van der Waals surface area contributed by atoms with Crippen molar-refractivity contribution in [2.45, 2.75) is 44.8 Å². The van der Waals surface area contributed by atoms with E-state index in [2.05, 4.69) is 11.4 Å². The molecule has 0 aliphatic heterocycles. The maximum Gasteiger partial charge on any atom is 0.247 e. The van der Waals surface area contributed by atoms with Gasteiger partial charge >= 0.3 is 0 Å². The maximum absolute atomic E-state index is 10.7. The molecule has 2 rings (SSSR count). The normalized spacial score (nSPS) is 18.1. The quantitative estimate of drug-likeness (QED) is 0.749. The zero-order valence-electron chi connectivity index (χ0n) is 10.6. The first-order valence-electron chi connectivity index (χ1n) is 6.40. The first kappa shape index (κ1) is 13.5. The lowest BCUT2D eigenvalue weighted by atomic mass is 9.99. The molecule has 1 aliphatic carbocycles. The van der Waals surface area contributed by atoms with Crippen LogP contribution in [0.15, 0.2) is 6.07 Å². The Morgan fingerprint density at radius 1 is 1.56 bits per heavy atom. The topological polar surface area (TPSA) is 75.3 Å². The number of carbonyl (C=O) groups excluding carboxylic acids is 1. The summed E-state index contributed by atoms with van der Waals surface area (Å²) >= 11 is 1.84.